The lowest BCUT2D eigenvalue weighted by Gasteiger charge is -2.02. The van der Waals surface area contributed by atoms with Gasteiger partial charge in [0, 0.05) is 5.56 Å². The van der Waals surface area contributed by atoms with E-state index in [1.54, 1.807) is 0 Å². The van der Waals surface area contributed by atoms with E-state index < -0.39 is 11.9 Å². The summed E-state index contributed by atoms with van der Waals surface area (Å²) in [7, 11) is 0. The van der Waals surface area contributed by atoms with Crippen LogP contribution in [0.4, 0.5) is 0 Å². The van der Waals surface area contributed by atoms with Crippen LogP contribution in [-0.2, 0) is 4.79 Å². The summed E-state index contributed by atoms with van der Waals surface area (Å²) < 4.78 is 0. The van der Waals surface area contributed by atoms with Crippen molar-refractivity contribution in [2.45, 2.75) is 6.04 Å². The summed E-state index contributed by atoms with van der Waals surface area (Å²) in [5, 5.41) is 0. The van der Waals surface area contributed by atoms with E-state index in [1.165, 1.54) is 0 Å². The number of hydrogen-bond acceptors (Lipinski definition) is 1. The van der Waals surface area contributed by atoms with E-state index in [0.717, 1.165) is 5.56 Å². The zero-order chi connectivity index (χ0) is 8.27. The highest BCUT2D eigenvalue weighted by Crippen LogP contribution is 2.05. The van der Waals surface area contributed by atoms with Crippen molar-refractivity contribution < 1.29 is 27.5 Å². The molecule has 0 radical (unpaired) electrons. The Morgan fingerprint density at radius 3 is 2.25 bits per heavy atom. The molecule has 1 atom stereocenters. The smallest absolute Gasteiger partial charge is 0.280 e. The molecule has 1 aromatic carbocycles. The quantitative estimate of drug-likeness (QED) is 0.543. The number of amides is 1. The first-order valence-corrected chi connectivity index (χ1v) is 3.39. The minimum Gasteiger partial charge on any atom is -1.00 e. The van der Waals surface area contributed by atoms with Crippen LogP contribution in [0, 0.1) is 0 Å². The molecule has 4 heteroatoms. The maximum Gasteiger partial charge on any atom is 0.280 e. The Bertz CT molecular complexity index is 250. The number of carbonyl (C=O) groups is 1. The number of hydrogen-bond donors (Lipinski definition) is 2. The van der Waals surface area contributed by atoms with Crippen LogP contribution in [0.3, 0.4) is 0 Å². The van der Waals surface area contributed by atoms with Gasteiger partial charge >= 0.3 is 0 Å². The summed E-state index contributed by atoms with van der Waals surface area (Å²) >= 11 is 0. The van der Waals surface area contributed by atoms with Gasteiger partial charge in [-0.05, 0) is 0 Å². The third-order valence-electron chi connectivity index (χ3n) is 1.55. The van der Waals surface area contributed by atoms with E-state index in [9.17, 15) is 4.79 Å². The number of rotatable bonds is 2. The highest BCUT2D eigenvalue weighted by atomic mass is 79.9. The highest BCUT2D eigenvalue weighted by molar-refractivity contribution is 5.79. The molecule has 0 aliphatic carbocycles. The van der Waals surface area contributed by atoms with Crippen LogP contribution in [-0.4, -0.2) is 5.91 Å². The molecule has 0 saturated carbocycles. The zero-order valence-electron chi connectivity index (χ0n) is 6.53. The normalized spacial score (nSPS) is 11.4. The SMILES string of the molecule is NC(=O)C([NH3+])c1ccccc1.[Br-]. The molecule has 0 bridgehead atoms. The van der Waals surface area contributed by atoms with Crippen molar-refractivity contribution in [3.8, 4) is 0 Å². The van der Waals surface area contributed by atoms with Gasteiger partial charge in [0.1, 0.15) is 0 Å². The van der Waals surface area contributed by atoms with E-state index in [2.05, 4.69) is 5.73 Å². The number of benzene rings is 1. The third-order valence-corrected chi connectivity index (χ3v) is 1.55. The minimum atomic E-state index is -0.434. The van der Waals surface area contributed by atoms with Crippen molar-refractivity contribution >= 4 is 5.91 Å². The Hall–Kier alpha value is -0.870. The summed E-state index contributed by atoms with van der Waals surface area (Å²) in [6.45, 7) is 0. The first kappa shape index (κ1) is 11.1. The van der Waals surface area contributed by atoms with Crippen molar-refractivity contribution in [1.82, 2.24) is 0 Å². The van der Waals surface area contributed by atoms with E-state index in [0.29, 0.717) is 0 Å². The summed E-state index contributed by atoms with van der Waals surface area (Å²) in [5.74, 6) is -0.392. The van der Waals surface area contributed by atoms with Gasteiger partial charge in [-0.15, -0.1) is 0 Å². The molecule has 1 unspecified atom stereocenters. The van der Waals surface area contributed by atoms with Gasteiger partial charge in [-0.2, -0.15) is 0 Å². The molecule has 3 nitrogen and oxygen atoms in total. The Morgan fingerprint density at radius 2 is 1.83 bits per heavy atom. The highest BCUT2D eigenvalue weighted by Gasteiger charge is 2.14. The molecule has 0 aliphatic rings. The van der Waals surface area contributed by atoms with Crippen molar-refractivity contribution in [2.75, 3.05) is 0 Å². The molecule has 0 heterocycles. The third kappa shape index (κ3) is 2.64. The number of carbonyl (C=O) groups excluding carboxylic acids is 1. The predicted molar refractivity (Wildman–Crippen MR) is 41.3 cm³/mol. The molecule has 1 rings (SSSR count). The van der Waals surface area contributed by atoms with Gasteiger partial charge in [-0.25, -0.2) is 0 Å². The van der Waals surface area contributed by atoms with Gasteiger partial charge in [0.25, 0.3) is 5.91 Å². The van der Waals surface area contributed by atoms with Gasteiger partial charge in [0.05, 0.1) is 0 Å². The lowest BCUT2D eigenvalue weighted by atomic mass is 10.1. The average Bonchev–Trinajstić information content (AvgIpc) is 2.05. The topological polar surface area (TPSA) is 70.7 Å². The first-order chi connectivity index (χ1) is 5.22. The Balaban J connectivity index is 0.00000121. The Labute approximate surface area is 81.5 Å². The fraction of sp³-hybridized carbons (Fsp3) is 0.125. The molecule has 5 N–H and O–H groups in total. The molecule has 1 aromatic rings. The van der Waals surface area contributed by atoms with Crippen molar-refractivity contribution in [3.05, 3.63) is 35.9 Å². The van der Waals surface area contributed by atoms with Crippen LogP contribution in [0.2, 0.25) is 0 Å². The Kier molecular flexibility index (Phi) is 4.54. The molecule has 0 fully saturated rings. The Morgan fingerprint density at radius 1 is 1.33 bits per heavy atom. The molecule has 66 valence electrons. The van der Waals surface area contributed by atoms with Gasteiger partial charge in [-0.3, -0.25) is 4.79 Å². The summed E-state index contributed by atoms with van der Waals surface area (Å²) in [4.78, 5) is 10.7. The van der Waals surface area contributed by atoms with Crippen LogP contribution < -0.4 is 28.4 Å². The lowest BCUT2D eigenvalue weighted by molar-refractivity contribution is -0.409. The molecule has 0 aromatic heterocycles. The van der Waals surface area contributed by atoms with Crippen molar-refractivity contribution in [1.29, 1.82) is 0 Å². The van der Waals surface area contributed by atoms with E-state index in [-0.39, 0.29) is 17.0 Å². The molecule has 0 spiro atoms. The van der Waals surface area contributed by atoms with E-state index >= 15 is 0 Å². The fourth-order valence-electron chi connectivity index (χ4n) is 0.850. The van der Waals surface area contributed by atoms with Gasteiger partial charge in [-0.1, -0.05) is 30.3 Å². The second kappa shape index (κ2) is 4.90. The number of quaternary nitrogens is 1. The standard InChI is InChI=1S/C8H10N2O.BrH/c9-7(8(10)11)6-4-2-1-3-5-6;/h1-5,7H,9H2,(H2,10,11);1H. The molecular weight excluding hydrogens is 220 g/mol. The molecule has 1 amide bonds. The number of nitrogens with two attached hydrogens (primary N) is 1. The lowest BCUT2D eigenvalue weighted by Crippen LogP contribution is -3.00. The second-order valence-electron chi connectivity index (χ2n) is 2.37. The average molecular weight is 231 g/mol. The fourth-order valence-corrected chi connectivity index (χ4v) is 0.850. The maximum atomic E-state index is 10.7. The monoisotopic (exact) mass is 230 g/mol. The van der Waals surface area contributed by atoms with Gasteiger partial charge < -0.3 is 28.4 Å². The minimum absolute atomic E-state index is 0. The summed E-state index contributed by atoms with van der Waals surface area (Å²) in [6.07, 6.45) is 0. The van der Waals surface area contributed by atoms with Crippen LogP contribution in [0.15, 0.2) is 30.3 Å². The van der Waals surface area contributed by atoms with Crippen molar-refractivity contribution in [3.63, 3.8) is 0 Å². The van der Waals surface area contributed by atoms with Crippen LogP contribution in [0.25, 0.3) is 0 Å². The summed E-state index contributed by atoms with van der Waals surface area (Å²) in [5.41, 5.74) is 9.56. The summed E-state index contributed by atoms with van der Waals surface area (Å²) in [6, 6.07) is 8.84. The van der Waals surface area contributed by atoms with Gasteiger partial charge in [0.15, 0.2) is 6.04 Å². The first-order valence-electron chi connectivity index (χ1n) is 3.39. The van der Waals surface area contributed by atoms with Crippen molar-refractivity contribution in [2.24, 2.45) is 5.73 Å². The molecular formula is C8H11BrN2O. The number of halogens is 1. The second-order valence-corrected chi connectivity index (χ2v) is 2.37. The largest absolute Gasteiger partial charge is 1.00 e. The molecule has 0 saturated heterocycles. The number of primary amides is 1. The predicted octanol–water partition coefficient (Wildman–Crippen LogP) is -3.54. The van der Waals surface area contributed by atoms with E-state index in [1.807, 2.05) is 30.3 Å². The van der Waals surface area contributed by atoms with E-state index in [4.69, 9.17) is 5.73 Å². The van der Waals surface area contributed by atoms with Crippen LogP contribution in [0.1, 0.15) is 11.6 Å². The van der Waals surface area contributed by atoms with Crippen LogP contribution in [0.5, 0.6) is 0 Å². The molecule has 12 heavy (non-hydrogen) atoms. The van der Waals surface area contributed by atoms with Gasteiger partial charge in [0.2, 0.25) is 0 Å². The zero-order valence-corrected chi connectivity index (χ0v) is 8.12. The maximum absolute atomic E-state index is 10.7. The van der Waals surface area contributed by atoms with Crippen LogP contribution >= 0.6 is 0 Å². The molecule has 0 aliphatic heterocycles.